The van der Waals surface area contributed by atoms with Gasteiger partial charge in [0.25, 0.3) is 0 Å². The van der Waals surface area contributed by atoms with Gasteiger partial charge in [-0.1, -0.05) is 32.0 Å². The number of hydrogen-bond donors (Lipinski definition) is 1. The van der Waals surface area contributed by atoms with Crippen LogP contribution in [0.1, 0.15) is 35.0 Å². The highest BCUT2D eigenvalue weighted by molar-refractivity contribution is 7.12. The van der Waals surface area contributed by atoms with Crippen LogP contribution in [-0.2, 0) is 0 Å². The van der Waals surface area contributed by atoms with E-state index in [4.69, 9.17) is 0 Å². The van der Waals surface area contributed by atoms with Crippen molar-refractivity contribution >= 4 is 22.8 Å². The summed E-state index contributed by atoms with van der Waals surface area (Å²) < 4.78 is 0. The fraction of sp³-hybridized carbons (Fsp3) is 0.267. The highest BCUT2D eigenvalue weighted by Crippen LogP contribution is 2.17. The molecule has 1 heterocycles. The monoisotopic (exact) mass is 259 g/mol. The first-order valence-electron chi connectivity index (χ1n) is 6.07. The Labute approximate surface area is 112 Å². The Morgan fingerprint density at radius 2 is 1.94 bits per heavy atom. The molecule has 2 aromatic rings. The Morgan fingerprint density at radius 3 is 2.50 bits per heavy atom. The summed E-state index contributed by atoms with van der Waals surface area (Å²) in [6.07, 6.45) is 0. The molecule has 1 aromatic heterocycles. The molecule has 0 fully saturated rings. The van der Waals surface area contributed by atoms with Crippen LogP contribution in [-0.4, -0.2) is 12.3 Å². The molecule has 0 saturated carbocycles. The van der Waals surface area contributed by atoms with Gasteiger partial charge in [-0.05, 0) is 35.1 Å². The van der Waals surface area contributed by atoms with E-state index in [9.17, 15) is 4.79 Å². The van der Waals surface area contributed by atoms with Crippen molar-refractivity contribution in [2.24, 2.45) is 0 Å². The first kappa shape index (κ1) is 12.8. The van der Waals surface area contributed by atoms with Crippen molar-refractivity contribution < 1.29 is 4.79 Å². The van der Waals surface area contributed by atoms with Crippen molar-refractivity contribution in [3.63, 3.8) is 0 Å². The van der Waals surface area contributed by atoms with Gasteiger partial charge in [0.05, 0.1) is 11.4 Å². The lowest BCUT2D eigenvalue weighted by Crippen LogP contribution is -2.12. The number of thiophene rings is 1. The fourth-order valence-electron chi connectivity index (χ4n) is 1.69. The first-order chi connectivity index (χ1) is 8.66. The summed E-state index contributed by atoms with van der Waals surface area (Å²) in [6.45, 7) is 4.69. The van der Waals surface area contributed by atoms with Crippen molar-refractivity contribution in [1.82, 2.24) is 0 Å². The zero-order valence-electron chi connectivity index (χ0n) is 10.6. The van der Waals surface area contributed by atoms with E-state index in [1.54, 1.807) is 0 Å². The number of nitrogens with one attached hydrogen (secondary N) is 1. The summed E-state index contributed by atoms with van der Waals surface area (Å²) in [6, 6.07) is 12.0. The molecule has 94 valence electrons. The number of ketones is 1. The minimum Gasteiger partial charge on any atom is -0.378 e. The maximum atomic E-state index is 11.8. The second-order valence-electron chi connectivity index (χ2n) is 4.53. The van der Waals surface area contributed by atoms with Crippen LogP contribution < -0.4 is 5.32 Å². The van der Waals surface area contributed by atoms with E-state index in [1.807, 2.05) is 29.6 Å². The van der Waals surface area contributed by atoms with E-state index in [-0.39, 0.29) is 5.78 Å². The average Bonchev–Trinajstić information content (AvgIpc) is 2.90. The van der Waals surface area contributed by atoms with E-state index in [2.05, 4.69) is 31.3 Å². The lowest BCUT2D eigenvalue weighted by molar-refractivity contribution is 0.101. The second-order valence-corrected chi connectivity index (χ2v) is 5.48. The molecule has 1 aromatic carbocycles. The molecule has 2 rings (SSSR count). The Kier molecular flexibility index (Phi) is 4.15. The van der Waals surface area contributed by atoms with Crippen LogP contribution in [0.3, 0.4) is 0 Å². The predicted molar refractivity (Wildman–Crippen MR) is 77.7 cm³/mol. The molecule has 0 aliphatic heterocycles. The molecule has 0 saturated heterocycles. The van der Waals surface area contributed by atoms with Gasteiger partial charge in [-0.2, -0.15) is 0 Å². The lowest BCUT2D eigenvalue weighted by atomic mass is 10.0. The number of Topliss-reactive ketones (excluding diaryl/α,β-unsaturated/α-hetero) is 1. The molecule has 2 nitrogen and oxygen atoms in total. The van der Waals surface area contributed by atoms with E-state index in [0.717, 1.165) is 10.6 Å². The van der Waals surface area contributed by atoms with E-state index < -0.39 is 0 Å². The second kappa shape index (κ2) is 5.83. The minimum absolute atomic E-state index is 0.137. The first-order valence-corrected chi connectivity index (χ1v) is 6.95. The minimum atomic E-state index is 0.137. The Hall–Kier alpha value is -1.61. The summed E-state index contributed by atoms with van der Waals surface area (Å²) in [5.74, 6) is 0.671. The van der Waals surface area contributed by atoms with Crippen LogP contribution in [0.5, 0.6) is 0 Å². The summed E-state index contributed by atoms with van der Waals surface area (Å²) >= 11 is 1.48. The number of carbonyl (C=O) groups excluding carboxylic acids is 1. The van der Waals surface area contributed by atoms with Crippen LogP contribution >= 0.6 is 11.3 Å². The molecule has 0 spiro atoms. The van der Waals surface area contributed by atoms with Crippen LogP contribution in [0.25, 0.3) is 0 Å². The molecule has 3 heteroatoms. The number of rotatable bonds is 5. The van der Waals surface area contributed by atoms with E-state index in [1.165, 1.54) is 16.9 Å². The Morgan fingerprint density at radius 1 is 1.22 bits per heavy atom. The van der Waals surface area contributed by atoms with Crippen molar-refractivity contribution in [2.75, 3.05) is 11.9 Å². The van der Waals surface area contributed by atoms with Gasteiger partial charge in [0.1, 0.15) is 0 Å². The average molecular weight is 259 g/mol. The van der Waals surface area contributed by atoms with Crippen molar-refractivity contribution in [2.45, 2.75) is 19.8 Å². The van der Waals surface area contributed by atoms with Crippen LogP contribution in [0.2, 0.25) is 0 Å². The number of hydrogen-bond acceptors (Lipinski definition) is 3. The maximum Gasteiger partial charge on any atom is 0.191 e. The van der Waals surface area contributed by atoms with Gasteiger partial charge in [-0.25, -0.2) is 0 Å². The molecule has 1 N–H and O–H groups in total. The van der Waals surface area contributed by atoms with Gasteiger partial charge in [0.15, 0.2) is 5.78 Å². The van der Waals surface area contributed by atoms with Gasteiger partial charge in [-0.3, -0.25) is 4.79 Å². The summed E-state index contributed by atoms with van der Waals surface area (Å²) in [7, 11) is 0. The number of carbonyl (C=O) groups is 1. The van der Waals surface area contributed by atoms with Crippen molar-refractivity contribution in [3.05, 3.63) is 52.2 Å². The third-order valence-electron chi connectivity index (χ3n) is 2.83. The quantitative estimate of drug-likeness (QED) is 0.817. The zero-order valence-corrected chi connectivity index (χ0v) is 11.5. The molecule has 0 bridgehead atoms. The summed E-state index contributed by atoms with van der Waals surface area (Å²) in [5.41, 5.74) is 2.30. The van der Waals surface area contributed by atoms with E-state index >= 15 is 0 Å². The molecule has 0 unspecified atom stereocenters. The third-order valence-corrected chi connectivity index (χ3v) is 3.74. The van der Waals surface area contributed by atoms with E-state index in [0.29, 0.717) is 12.5 Å². The lowest BCUT2D eigenvalue weighted by Gasteiger charge is -2.08. The standard InChI is InChI=1S/C15H17NOS/c1-11(2)12-5-7-13(8-6-12)16-10-14(17)15-4-3-9-18-15/h3-9,11,16H,10H2,1-2H3. The van der Waals surface area contributed by atoms with Crippen LogP contribution in [0.15, 0.2) is 41.8 Å². The number of benzene rings is 1. The smallest absolute Gasteiger partial charge is 0.191 e. The molecule has 0 radical (unpaired) electrons. The normalized spacial score (nSPS) is 10.6. The Balaban J connectivity index is 1.92. The molecular formula is C15H17NOS. The third kappa shape index (κ3) is 3.20. The van der Waals surface area contributed by atoms with Gasteiger partial charge in [0.2, 0.25) is 0 Å². The van der Waals surface area contributed by atoms with Gasteiger partial charge >= 0.3 is 0 Å². The molecule has 0 amide bonds. The highest BCUT2D eigenvalue weighted by Gasteiger charge is 2.06. The van der Waals surface area contributed by atoms with Crippen molar-refractivity contribution in [1.29, 1.82) is 0 Å². The Bertz CT molecular complexity index is 500. The molecule has 0 aliphatic carbocycles. The molecule has 0 aliphatic rings. The molecule has 0 atom stereocenters. The maximum absolute atomic E-state index is 11.8. The SMILES string of the molecule is CC(C)c1ccc(NCC(=O)c2cccs2)cc1. The van der Waals surface area contributed by atoms with Crippen molar-refractivity contribution in [3.8, 4) is 0 Å². The number of anilines is 1. The topological polar surface area (TPSA) is 29.1 Å². The summed E-state index contributed by atoms with van der Waals surface area (Å²) in [4.78, 5) is 12.6. The molecule has 18 heavy (non-hydrogen) atoms. The van der Waals surface area contributed by atoms with Gasteiger partial charge in [0, 0.05) is 5.69 Å². The van der Waals surface area contributed by atoms with Crippen LogP contribution in [0, 0.1) is 0 Å². The highest BCUT2D eigenvalue weighted by atomic mass is 32.1. The van der Waals surface area contributed by atoms with Gasteiger partial charge < -0.3 is 5.32 Å². The van der Waals surface area contributed by atoms with Crippen LogP contribution in [0.4, 0.5) is 5.69 Å². The fourth-order valence-corrected chi connectivity index (χ4v) is 2.36. The predicted octanol–water partition coefficient (Wildman–Crippen LogP) is 4.17. The largest absolute Gasteiger partial charge is 0.378 e. The van der Waals surface area contributed by atoms with Gasteiger partial charge in [-0.15, -0.1) is 11.3 Å². The zero-order chi connectivity index (χ0) is 13.0. The molecular weight excluding hydrogens is 242 g/mol. The summed E-state index contributed by atoms with van der Waals surface area (Å²) in [5, 5.41) is 5.08.